The van der Waals surface area contributed by atoms with Gasteiger partial charge in [-0.1, -0.05) is 20.8 Å². The molecule has 3 aliphatic heterocycles. The van der Waals surface area contributed by atoms with Crippen LogP contribution in [0.5, 0.6) is 0 Å². The molecule has 1 N–H and O–H groups in total. The first kappa shape index (κ1) is 18.3. The summed E-state index contributed by atoms with van der Waals surface area (Å²) in [4.78, 5) is 39.7. The predicted octanol–water partition coefficient (Wildman–Crippen LogP) is 2.71. The van der Waals surface area contributed by atoms with Crippen molar-refractivity contribution in [3.05, 3.63) is 21.4 Å². The summed E-state index contributed by atoms with van der Waals surface area (Å²) in [6.45, 7) is 6.80. The Morgan fingerprint density at radius 1 is 1.14 bits per heavy atom. The summed E-state index contributed by atoms with van der Waals surface area (Å²) >= 11 is 1.62. The van der Waals surface area contributed by atoms with E-state index in [-0.39, 0.29) is 35.3 Å². The number of ether oxygens (including phenoxy) is 1. The number of fused-ring (bicyclic) bond motifs is 6. The van der Waals surface area contributed by atoms with Gasteiger partial charge in [-0.25, -0.2) is 0 Å². The van der Waals surface area contributed by atoms with Gasteiger partial charge in [-0.2, -0.15) is 5.01 Å². The normalized spacial score (nSPS) is 34.0. The predicted molar refractivity (Wildman–Crippen MR) is 103 cm³/mol. The Hall–Kier alpha value is -1.73. The standard InChI is InChI=1S/C21H26N2O4S/c1-21(2,3)10-4-5-11-12(9-28-15(11)8-10)18(24)22-23-19(25)16-13-6-7-14(27-13)17(16)20(23)26/h9-10,13-14,16-17H,4-8H2,1-3H3,(H,22,24)/t10-,13-,14-,16-,17+/m1/s1. The summed E-state index contributed by atoms with van der Waals surface area (Å²) in [6, 6.07) is 0. The van der Waals surface area contributed by atoms with Gasteiger partial charge in [0.25, 0.3) is 17.7 Å². The number of nitrogens with zero attached hydrogens (tertiary/aromatic N) is 1. The quantitative estimate of drug-likeness (QED) is 0.772. The molecular formula is C21H26N2O4S. The Bertz CT molecular complexity index is 842. The van der Waals surface area contributed by atoms with Gasteiger partial charge in [0, 0.05) is 10.3 Å². The third kappa shape index (κ3) is 2.59. The summed E-state index contributed by atoms with van der Waals surface area (Å²) < 4.78 is 5.74. The highest BCUT2D eigenvalue weighted by Crippen LogP contribution is 2.48. The Morgan fingerprint density at radius 2 is 1.79 bits per heavy atom. The van der Waals surface area contributed by atoms with Gasteiger partial charge in [0.2, 0.25) is 0 Å². The van der Waals surface area contributed by atoms with Gasteiger partial charge in [0.1, 0.15) is 0 Å². The maximum atomic E-state index is 12.9. The number of imide groups is 1. The number of thiophene rings is 1. The van der Waals surface area contributed by atoms with Crippen molar-refractivity contribution >= 4 is 29.1 Å². The summed E-state index contributed by atoms with van der Waals surface area (Å²) in [6.07, 6.45) is 4.21. The van der Waals surface area contributed by atoms with Crippen molar-refractivity contribution in [1.29, 1.82) is 0 Å². The summed E-state index contributed by atoms with van der Waals surface area (Å²) in [5, 5.41) is 2.85. The fraction of sp³-hybridized carbons (Fsp3) is 0.667. The molecule has 0 radical (unpaired) electrons. The van der Waals surface area contributed by atoms with Gasteiger partial charge in [-0.3, -0.25) is 19.8 Å². The first-order valence-electron chi connectivity index (χ1n) is 10.2. The van der Waals surface area contributed by atoms with Gasteiger partial charge in [0.05, 0.1) is 29.6 Å². The second kappa shape index (κ2) is 6.13. The molecule has 0 saturated carbocycles. The van der Waals surface area contributed by atoms with Crippen LogP contribution in [-0.4, -0.2) is 34.9 Å². The topological polar surface area (TPSA) is 75.7 Å². The van der Waals surface area contributed by atoms with Crippen molar-refractivity contribution in [2.45, 2.75) is 65.1 Å². The number of carbonyl (C=O) groups is 3. The van der Waals surface area contributed by atoms with E-state index in [9.17, 15) is 14.4 Å². The number of rotatable bonds is 2. The zero-order valence-corrected chi connectivity index (χ0v) is 17.3. The molecule has 150 valence electrons. The van der Waals surface area contributed by atoms with Crippen LogP contribution in [0.1, 0.15) is 60.8 Å². The molecule has 3 saturated heterocycles. The molecule has 1 aromatic heterocycles. The molecule has 3 fully saturated rings. The lowest BCUT2D eigenvalue weighted by Gasteiger charge is -2.34. The van der Waals surface area contributed by atoms with Gasteiger partial charge >= 0.3 is 0 Å². The third-order valence-electron chi connectivity index (χ3n) is 7.12. The molecule has 6 nitrogen and oxygen atoms in total. The van der Waals surface area contributed by atoms with Crippen molar-refractivity contribution in [3.8, 4) is 0 Å². The van der Waals surface area contributed by atoms with E-state index in [1.165, 1.54) is 4.88 Å². The molecule has 7 heteroatoms. The first-order chi connectivity index (χ1) is 13.3. The van der Waals surface area contributed by atoms with E-state index < -0.39 is 11.8 Å². The zero-order chi connectivity index (χ0) is 19.8. The Kier molecular flexibility index (Phi) is 4.01. The highest BCUT2D eigenvalue weighted by atomic mass is 32.1. The molecule has 1 aliphatic carbocycles. The minimum atomic E-state index is -0.421. The second-order valence-corrected chi connectivity index (χ2v) is 10.6. The van der Waals surface area contributed by atoms with Crippen LogP contribution in [-0.2, 0) is 27.2 Å². The number of hydrazine groups is 1. The first-order valence-corrected chi connectivity index (χ1v) is 11.1. The number of hydrogen-bond acceptors (Lipinski definition) is 5. The van der Waals surface area contributed by atoms with E-state index in [1.54, 1.807) is 11.3 Å². The van der Waals surface area contributed by atoms with Gasteiger partial charge in [-0.15, -0.1) is 11.3 Å². The summed E-state index contributed by atoms with van der Waals surface area (Å²) in [5.41, 5.74) is 4.57. The molecule has 28 heavy (non-hydrogen) atoms. The number of carbonyl (C=O) groups excluding carboxylic acids is 3. The summed E-state index contributed by atoms with van der Waals surface area (Å²) in [7, 11) is 0. The van der Waals surface area contributed by atoms with Crippen LogP contribution < -0.4 is 5.43 Å². The highest BCUT2D eigenvalue weighted by molar-refractivity contribution is 7.10. The van der Waals surface area contributed by atoms with Crippen LogP contribution in [0.15, 0.2) is 5.38 Å². The Balaban J connectivity index is 1.33. The average Bonchev–Trinajstić information content (AvgIpc) is 3.39. The number of hydrogen-bond donors (Lipinski definition) is 1. The molecule has 5 atom stereocenters. The molecule has 4 aliphatic rings. The van der Waals surface area contributed by atoms with Crippen molar-refractivity contribution in [2.75, 3.05) is 0 Å². The monoisotopic (exact) mass is 402 g/mol. The minimum Gasteiger partial charge on any atom is -0.373 e. The zero-order valence-electron chi connectivity index (χ0n) is 16.5. The summed E-state index contributed by atoms with van der Waals surface area (Å²) in [5.74, 6) is -1.21. The van der Waals surface area contributed by atoms with Crippen LogP contribution in [0, 0.1) is 23.2 Å². The van der Waals surface area contributed by atoms with Crippen LogP contribution in [0.25, 0.3) is 0 Å². The lowest BCUT2D eigenvalue weighted by atomic mass is 9.72. The van der Waals surface area contributed by atoms with Crippen LogP contribution in [0.4, 0.5) is 0 Å². The molecule has 0 unspecified atom stereocenters. The molecule has 4 heterocycles. The molecule has 0 spiro atoms. The van der Waals surface area contributed by atoms with E-state index in [1.807, 2.05) is 5.38 Å². The molecule has 5 rings (SSSR count). The van der Waals surface area contributed by atoms with Gasteiger partial charge in [-0.05, 0) is 49.0 Å². The number of amides is 3. The third-order valence-corrected chi connectivity index (χ3v) is 8.17. The molecule has 2 bridgehead atoms. The Morgan fingerprint density at radius 3 is 2.39 bits per heavy atom. The van der Waals surface area contributed by atoms with E-state index in [2.05, 4.69) is 26.2 Å². The fourth-order valence-electron chi connectivity index (χ4n) is 5.43. The molecule has 1 aromatic rings. The Labute approximate surface area is 168 Å². The van der Waals surface area contributed by atoms with Crippen molar-refractivity contribution < 1.29 is 19.1 Å². The smallest absolute Gasteiger partial charge is 0.271 e. The van der Waals surface area contributed by atoms with Crippen molar-refractivity contribution in [1.82, 2.24) is 10.4 Å². The largest absolute Gasteiger partial charge is 0.373 e. The fourth-order valence-corrected chi connectivity index (χ4v) is 6.59. The lowest BCUT2D eigenvalue weighted by molar-refractivity contribution is -0.145. The maximum absolute atomic E-state index is 12.9. The molecule has 3 amide bonds. The van der Waals surface area contributed by atoms with Crippen molar-refractivity contribution in [2.24, 2.45) is 23.2 Å². The van der Waals surface area contributed by atoms with Gasteiger partial charge in [0.15, 0.2) is 0 Å². The van der Waals surface area contributed by atoms with E-state index in [0.29, 0.717) is 11.5 Å². The van der Waals surface area contributed by atoms with E-state index in [0.717, 1.165) is 42.7 Å². The molecular weight excluding hydrogens is 376 g/mol. The molecule has 0 aromatic carbocycles. The van der Waals surface area contributed by atoms with Crippen LogP contribution in [0.3, 0.4) is 0 Å². The van der Waals surface area contributed by atoms with Crippen LogP contribution in [0.2, 0.25) is 0 Å². The lowest BCUT2D eigenvalue weighted by Crippen LogP contribution is -2.48. The number of nitrogens with one attached hydrogen (secondary N) is 1. The van der Waals surface area contributed by atoms with Crippen molar-refractivity contribution in [3.63, 3.8) is 0 Å². The SMILES string of the molecule is CC(C)(C)[C@@H]1CCc2c(C(=O)NN3C(=O)[C@@H]4[C@H](C3=O)[C@H]3CC[C@H]4O3)csc2C1. The second-order valence-electron chi connectivity index (χ2n) is 9.65. The minimum absolute atomic E-state index is 0.170. The maximum Gasteiger partial charge on any atom is 0.271 e. The van der Waals surface area contributed by atoms with E-state index in [4.69, 9.17) is 4.74 Å². The van der Waals surface area contributed by atoms with Crippen LogP contribution >= 0.6 is 11.3 Å². The average molecular weight is 403 g/mol. The van der Waals surface area contributed by atoms with Gasteiger partial charge < -0.3 is 4.74 Å². The highest BCUT2D eigenvalue weighted by Gasteiger charge is 2.63. The van der Waals surface area contributed by atoms with E-state index >= 15 is 0 Å².